The third kappa shape index (κ3) is 3.83. The molecule has 9 heteroatoms. The van der Waals surface area contributed by atoms with Crippen LogP contribution >= 0.6 is 0 Å². The molecule has 0 saturated carbocycles. The number of hydrogen-bond donors (Lipinski definition) is 2. The van der Waals surface area contributed by atoms with E-state index >= 15 is 0 Å². The molecule has 0 unspecified atom stereocenters. The summed E-state index contributed by atoms with van der Waals surface area (Å²) in [5.74, 6) is -3.61. The Morgan fingerprint density at radius 3 is 1.88 bits per heavy atom. The van der Waals surface area contributed by atoms with Crippen molar-refractivity contribution in [3.63, 3.8) is 0 Å². The molecule has 0 aliphatic carbocycles. The average Bonchev–Trinajstić information content (AvgIpc) is 2.54. The summed E-state index contributed by atoms with van der Waals surface area (Å²) in [5.41, 5.74) is -0.770. The number of ether oxygens (including phenoxy) is 1. The van der Waals surface area contributed by atoms with Gasteiger partial charge in [0.05, 0.1) is 21.6 Å². The fourth-order valence-corrected chi connectivity index (χ4v) is 2.29. The quantitative estimate of drug-likeness (QED) is 0.482. The van der Waals surface area contributed by atoms with Gasteiger partial charge in [0, 0.05) is 0 Å². The van der Waals surface area contributed by atoms with Gasteiger partial charge in [-0.05, 0) is 36.4 Å². The average molecular weight is 350 g/mol. The number of carbonyl (C=O) groups is 3. The first-order valence-corrected chi connectivity index (χ1v) is 7.80. The van der Waals surface area contributed by atoms with Gasteiger partial charge in [-0.2, -0.15) is 8.42 Å². The van der Waals surface area contributed by atoms with E-state index in [-0.39, 0.29) is 16.7 Å². The zero-order valence-electron chi connectivity index (χ0n) is 11.9. The minimum Gasteiger partial charge on any atom is -0.478 e. The van der Waals surface area contributed by atoms with Gasteiger partial charge in [-0.1, -0.05) is 12.1 Å². The first kappa shape index (κ1) is 17.3. The number of carbonyl (C=O) groups excluding carboxylic acids is 2. The summed E-state index contributed by atoms with van der Waals surface area (Å²) in [6.07, 6.45) is 0. The van der Waals surface area contributed by atoms with Crippen LogP contribution in [-0.2, 0) is 14.9 Å². The van der Waals surface area contributed by atoms with Crippen molar-refractivity contribution in [2.45, 2.75) is 4.90 Å². The Kier molecular flexibility index (Phi) is 4.77. The van der Waals surface area contributed by atoms with E-state index in [1.165, 1.54) is 24.3 Å². The van der Waals surface area contributed by atoms with E-state index in [9.17, 15) is 22.8 Å². The summed E-state index contributed by atoms with van der Waals surface area (Å²) >= 11 is 0. The maximum atomic E-state index is 11.9. The molecule has 8 nitrogen and oxygen atoms in total. The molecule has 0 spiro atoms. The van der Waals surface area contributed by atoms with Crippen LogP contribution in [0.25, 0.3) is 0 Å². The van der Waals surface area contributed by atoms with E-state index in [4.69, 9.17) is 9.66 Å². The van der Waals surface area contributed by atoms with Gasteiger partial charge < -0.3 is 9.84 Å². The van der Waals surface area contributed by atoms with Crippen molar-refractivity contribution in [3.05, 3.63) is 65.2 Å². The monoisotopic (exact) mass is 350 g/mol. The second-order valence-electron chi connectivity index (χ2n) is 4.53. The Hall–Kier alpha value is -3.04. The molecule has 0 amide bonds. The van der Waals surface area contributed by atoms with Crippen molar-refractivity contribution in [2.75, 3.05) is 0 Å². The maximum Gasteiger partial charge on any atom is 0.346 e. The third-order valence-corrected chi connectivity index (χ3v) is 3.82. The maximum absolute atomic E-state index is 11.9. The molecule has 0 aromatic heterocycles. The molecule has 2 N–H and O–H groups in total. The molecule has 0 fully saturated rings. The third-order valence-electron chi connectivity index (χ3n) is 2.95. The van der Waals surface area contributed by atoms with E-state index in [0.29, 0.717) is 0 Å². The van der Waals surface area contributed by atoms with Gasteiger partial charge in [-0.3, -0.25) is 4.55 Å². The fraction of sp³-hybridized carbons (Fsp3) is 0. The molecular formula is C15H10O8S. The Morgan fingerprint density at radius 1 is 0.833 bits per heavy atom. The van der Waals surface area contributed by atoms with Crippen molar-refractivity contribution >= 4 is 28.0 Å². The van der Waals surface area contributed by atoms with Gasteiger partial charge in [0.15, 0.2) is 0 Å². The molecule has 0 aliphatic heterocycles. The van der Waals surface area contributed by atoms with Crippen molar-refractivity contribution < 1.29 is 37.2 Å². The number of rotatable bonds is 4. The van der Waals surface area contributed by atoms with Crippen LogP contribution in [0, 0.1) is 0 Å². The first-order valence-electron chi connectivity index (χ1n) is 6.36. The standard InChI is InChI=1S/C15H10O8S/c16-13(17)11-3-1-2-4-12(11)15(19)23-14(18)9-5-7-10(8-6-9)24(20,21)22/h1-8H,(H,16,17)(H,20,21,22). The van der Waals surface area contributed by atoms with Crippen LogP contribution in [0.2, 0.25) is 0 Å². The molecule has 0 radical (unpaired) electrons. The molecule has 2 aromatic carbocycles. The van der Waals surface area contributed by atoms with Gasteiger partial charge in [0.1, 0.15) is 0 Å². The molecule has 0 bridgehead atoms. The van der Waals surface area contributed by atoms with Crippen molar-refractivity contribution in [1.29, 1.82) is 0 Å². The summed E-state index contributed by atoms with van der Waals surface area (Å²) in [5, 5.41) is 9.00. The van der Waals surface area contributed by atoms with Crippen molar-refractivity contribution in [2.24, 2.45) is 0 Å². The van der Waals surface area contributed by atoms with Crippen LogP contribution in [0.1, 0.15) is 31.1 Å². The summed E-state index contributed by atoms with van der Waals surface area (Å²) in [4.78, 5) is 34.4. The van der Waals surface area contributed by atoms with Gasteiger partial charge in [-0.15, -0.1) is 0 Å². The summed E-state index contributed by atoms with van der Waals surface area (Å²) in [7, 11) is -4.41. The van der Waals surface area contributed by atoms with E-state index in [0.717, 1.165) is 24.3 Å². The molecule has 124 valence electrons. The first-order chi connectivity index (χ1) is 11.2. The molecule has 2 aromatic rings. The molecule has 0 heterocycles. The normalized spacial score (nSPS) is 10.9. The lowest BCUT2D eigenvalue weighted by molar-refractivity contribution is 0.0392. The number of aromatic carboxylic acids is 1. The Morgan fingerprint density at radius 2 is 1.38 bits per heavy atom. The highest BCUT2D eigenvalue weighted by Crippen LogP contribution is 2.14. The van der Waals surface area contributed by atoms with Gasteiger partial charge in [-0.25, -0.2) is 14.4 Å². The van der Waals surface area contributed by atoms with E-state index in [2.05, 4.69) is 4.74 Å². The number of hydrogen-bond acceptors (Lipinski definition) is 6. The van der Waals surface area contributed by atoms with E-state index < -0.39 is 32.9 Å². The highest BCUT2D eigenvalue weighted by molar-refractivity contribution is 7.85. The zero-order chi connectivity index (χ0) is 17.9. The van der Waals surface area contributed by atoms with E-state index in [1.54, 1.807) is 0 Å². The van der Waals surface area contributed by atoms with Crippen molar-refractivity contribution in [1.82, 2.24) is 0 Å². The van der Waals surface area contributed by atoms with E-state index in [1.807, 2.05) is 0 Å². The van der Waals surface area contributed by atoms with Crippen LogP contribution in [0.5, 0.6) is 0 Å². The smallest absolute Gasteiger partial charge is 0.346 e. The Bertz CT molecular complexity index is 913. The van der Waals surface area contributed by atoms with Gasteiger partial charge in [0.2, 0.25) is 0 Å². The molecule has 2 rings (SSSR count). The second-order valence-corrected chi connectivity index (χ2v) is 5.95. The molecule has 0 atom stereocenters. The van der Waals surface area contributed by atoms with Gasteiger partial charge in [0.25, 0.3) is 10.1 Å². The van der Waals surface area contributed by atoms with Crippen LogP contribution in [-0.4, -0.2) is 36.0 Å². The highest BCUT2D eigenvalue weighted by atomic mass is 32.2. The topological polar surface area (TPSA) is 135 Å². The zero-order valence-corrected chi connectivity index (χ0v) is 12.7. The van der Waals surface area contributed by atoms with Gasteiger partial charge >= 0.3 is 17.9 Å². The SMILES string of the molecule is O=C(OC(=O)c1ccccc1C(=O)O)c1ccc(S(=O)(=O)O)cc1. The second kappa shape index (κ2) is 6.60. The lowest BCUT2D eigenvalue weighted by Gasteiger charge is -2.06. The number of esters is 2. The highest BCUT2D eigenvalue weighted by Gasteiger charge is 2.21. The minimum absolute atomic E-state index is 0.149. The Labute approximate surface area is 136 Å². The molecular weight excluding hydrogens is 340 g/mol. The summed E-state index contributed by atoms with van der Waals surface area (Å²) in [6.45, 7) is 0. The number of benzene rings is 2. The molecule has 24 heavy (non-hydrogen) atoms. The van der Waals surface area contributed by atoms with Crippen LogP contribution in [0.15, 0.2) is 53.4 Å². The van der Waals surface area contributed by atoms with Crippen LogP contribution in [0.3, 0.4) is 0 Å². The predicted molar refractivity (Wildman–Crippen MR) is 79.4 cm³/mol. The number of carboxylic acid groups (broad SMARTS) is 1. The summed E-state index contributed by atoms with van der Waals surface area (Å²) in [6, 6.07) is 9.21. The van der Waals surface area contributed by atoms with Crippen molar-refractivity contribution in [3.8, 4) is 0 Å². The minimum atomic E-state index is -4.41. The van der Waals surface area contributed by atoms with Crippen LogP contribution < -0.4 is 0 Å². The lowest BCUT2D eigenvalue weighted by Crippen LogP contribution is -2.16. The lowest BCUT2D eigenvalue weighted by atomic mass is 10.1. The largest absolute Gasteiger partial charge is 0.478 e. The summed E-state index contributed by atoms with van der Waals surface area (Å²) < 4.78 is 35.2. The predicted octanol–water partition coefficient (Wildman–Crippen LogP) is 1.63. The Balaban J connectivity index is 2.21. The fourth-order valence-electron chi connectivity index (χ4n) is 1.81. The van der Waals surface area contributed by atoms with Crippen LogP contribution in [0.4, 0.5) is 0 Å². The molecule has 0 aliphatic rings. The molecule has 0 saturated heterocycles. The number of carboxylic acids is 1.